The lowest BCUT2D eigenvalue weighted by Gasteiger charge is -2.14. The van der Waals surface area contributed by atoms with E-state index in [1.165, 1.54) is 12.1 Å². The number of aliphatic hydroxyl groups excluding tert-OH is 1. The van der Waals surface area contributed by atoms with E-state index in [9.17, 15) is 13.6 Å². The average Bonchev–Trinajstić information content (AvgIpc) is 2.30. The summed E-state index contributed by atoms with van der Waals surface area (Å²) in [5.41, 5.74) is 0.311. The first-order valence-electron chi connectivity index (χ1n) is 5.25. The van der Waals surface area contributed by atoms with Crippen LogP contribution in [0.25, 0.3) is 0 Å². The molecule has 1 rings (SSSR count). The number of hydrogen-bond acceptors (Lipinski definition) is 3. The maximum absolute atomic E-state index is 12.3. The van der Waals surface area contributed by atoms with Gasteiger partial charge in [0.05, 0.1) is 18.3 Å². The predicted molar refractivity (Wildman–Crippen MR) is 67.0 cm³/mol. The molecule has 4 nitrogen and oxygen atoms in total. The van der Waals surface area contributed by atoms with Crippen LogP contribution in [0.1, 0.15) is 6.92 Å². The lowest BCUT2D eigenvalue weighted by molar-refractivity contribution is 0.229. The third-order valence-electron chi connectivity index (χ3n) is 2.00. The Bertz CT molecular complexity index is 404. The smallest absolute Gasteiger partial charge is 0.319 e. The molecule has 0 aliphatic heterocycles. The van der Waals surface area contributed by atoms with Crippen LogP contribution < -0.4 is 10.6 Å². The number of thioether (sulfide) groups is 1. The summed E-state index contributed by atoms with van der Waals surface area (Å²) < 4.78 is 24.6. The molecule has 0 saturated heterocycles. The van der Waals surface area contributed by atoms with Gasteiger partial charge in [-0.2, -0.15) is 8.78 Å². The van der Waals surface area contributed by atoms with Crippen LogP contribution in [0.2, 0.25) is 0 Å². The molecular formula is C11H14F2N2O2S. The zero-order valence-corrected chi connectivity index (χ0v) is 10.5. The molecule has 1 atom stereocenters. The molecule has 1 aromatic rings. The summed E-state index contributed by atoms with van der Waals surface area (Å²) in [6.45, 7) is 1.43. The van der Waals surface area contributed by atoms with Crippen LogP contribution in [0, 0.1) is 0 Å². The largest absolute Gasteiger partial charge is 0.394 e. The number of rotatable bonds is 5. The third kappa shape index (κ3) is 4.89. The Hall–Kier alpha value is -1.34. The van der Waals surface area contributed by atoms with E-state index in [1.807, 2.05) is 0 Å². The monoisotopic (exact) mass is 276 g/mol. The lowest BCUT2D eigenvalue weighted by atomic mass is 10.3. The SMILES string of the molecule is C[C@@H](CO)NC(=O)Nc1ccccc1SC(F)F. The molecule has 0 unspecified atom stereocenters. The van der Waals surface area contributed by atoms with Gasteiger partial charge in [0.15, 0.2) is 0 Å². The molecule has 3 N–H and O–H groups in total. The fraction of sp³-hybridized carbons (Fsp3) is 0.364. The number of halogens is 2. The van der Waals surface area contributed by atoms with Gasteiger partial charge in [-0.1, -0.05) is 23.9 Å². The van der Waals surface area contributed by atoms with Crippen molar-refractivity contribution in [3.63, 3.8) is 0 Å². The molecule has 100 valence electrons. The summed E-state index contributed by atoms with van der Waals surface area (Å²) in [4.78, 5) is 11.8. The summed E-state index contributed by atoms with van der Waals surface area (Å²) in [6.07, 6.45) is 0. The van der Waals surface area contributed by atoms with E-state index in [2.05, 4.69) is 10.6 Å². The van der Waals surface area contributed by atoms with Gasteiger partial charge in [0.2, 0.25) is 0 Å². The van der Waals surface area contributed by atoms with E-state index in [1.54, 1.807) is 19.1 Å². The Morgan fingerprint density at radius 1 is 1.44 bits per heavy atom. The van der Waals surface area contributed by atoms with E-state index in [0.717, 1.165) is 0 Å². The minimum Gasteiger partial charge on any atom is -0.394 e. The van der Waals surface area contributed by atoms with E-state index in [-0.39, 0.29) is 6.61 Å². The minimum atomic E-state index is -2.55. The molecular weight excluding hydrogens is 262 g/mol. The standard InChI is InChI=1S/C11H14F2N2O2S/c1-7(6-16)14-11(17)15-8-4-2-3-5-9(8)18-10(12)13/h2-5,7,10,16H,6H2,1H3,(H2,14,15,17)/t7-/m0/s1. The fourth-order valence-corrected chi connectivity index (χ4v) is 1.79. The number of para-hydroxylation sites is 1. The van der Waals surface area contributed by atoms with Crippen LogP contribution in [0.4, 0.5) is 19.3 Å². The Labute approximate surface area is 108 Å². The molecule has 18 heavy (non-hydrogen) atoms. The van der Waals surface area contributed by atoms with Gasteiger partial charge in [-0.05, 0) is 19.1 Å². The molecule has 7 heteroatoms. The van der Waals surface area contributed by atoms with Crippen molar-refractivity contribution in [2.75, 3.05) is 11.9 Å². The molecule has 0 saturated carbocycles. The molecule has 0 bridgehead atoms. The molecule has 0 aliphatic rings. The van der Waals surface area contributed by atoms with Crippen LogP contribution in [-0.2, 0) is 0 Å². The number of alkyl halides is 2. The molecule has 0 radical (unpaired) electrons. The maximum atomic E-state index is 12.3. The first-order valence-corrected chi connectivity index (χ1v) is 6.13. The van der Waals surface area contributed by atoms with Crippen molar-refractivity contribution >= 4 is 23.5 Å². The number of hydrogen-bond donors (Lipinski definition) is 3. The predicted octanol–water partition coefficient (Wildman–Crippen LogP) is 2.50. The van der Waals surface area contributed by atoms with Crippen molar-refractivity contribution in [1.29, 1.82) is 0 Å². The van der Waals surface area contributed by atoms with E-state index >= 15 is 0 Å². The van der Waals surface area contributed by atoms with Gasteiger partial charge in [-0.25, -0.2) is 4.79 Å². The Balaban J connectivity index is 2.68. The Kier molecular flexibility index (Phi) is 5.87. The summed E-state index contributed by atoms with van der Waals surface area (Å²) in [7, 11) is 0. The summed E-state index contributed by atoms with van der Waals surface area (Å²) in [6, 6.07) is 5.35. The van der Waals surface area contributed by atoms with Crippen LogP contribution >= 0.6 is 11.8 Å². The number of nitrogens with one attached hydrogen (secondary N) is 2. The fourth-order valence-electron chi connectivity index (χ4n) is 1.20. The molecule has 0 spiro atoms. The third-order valence-corrected chi connectivity index (χ3v) is 2.79. The highest BCUT2D eigenvalue weighted by molar-refractivity contribution is 7.99. The van der Waals surface area contributed by atoms with E-state index in [4.69, 9.17) is 5.11 Å². The van der Waals surface area contributed by atoms with Gasteiger partial charge in [-0.3, -0.25) is 0 Å². The number of benzene rings is 1. The highest BCUT2D eigenvalue weighted by Gasteiger charge is 2.12. The second-order valence-electron chi connectivity index (χ2n) is 3.56. The van der Waals surface area contributed by atoms with Gasteiger partial charge in [-0.15, -0.1) is 0 Å². The number of carbonyl (C=O) groups excluding carboxylic acids is 1. The summed E-state index contributed by atoms with van der Waals surface area (Å²) >= 11 is 0.366. The number of urea groups is 1. The molecule has 0 aliphatic carbocycles. The normalized spacial score (nSPS) is 12.3. The van der Waals surface area contributed by atoms with Crippen molar-refractivity contribution in [3.05, 3.63) is 24.3 Å². The lowest BCUT2D eigenvalue weighted by Crippen LogP contribution is -2.38. The molecule has 0 fully saturated rings. The molecule has 1 aromatic carbocycles. The van der Waals surface area contributed by atoms with Gasteiger partial charge in [0.25, 0.3) is 5.76 Å². The minimum absolute atomic E-state index is 0.194. The quantitative estimate of drug-likeness (QED) is 0.724. The van der Waals surface area contributed by atoms with E-state index < -0.39 is 17.8 Å². The van der Waals surface area contributed by atoms with Gasteiger partial charge >= 0.3 is 6.03 Å². The van der Waals surface area contributed by atoms with Gasteiger partial charge < -0.3 is 15.7 Å². The average molecular weight is 276 g/mol. The van der Waals surface area contributed by atoms with Gasteiger partial charge in [0.1, 0.15) is 0 Å². The topological polar surface area (TPSA) is 61.4 Å². The van der Waals surface area contributed by atoms with Crippen molar-refractivity contribution < 1.29 is 18.7 Å². The zero-order valence-electron chi connectivity index (χ0n) is 9.69. The first kappa shape index (κ1) is 14.7. The van der Waals surface area contributed by atoms with Crippen molar-refractivity contribution in [3.8, 4) is 0 Å². The number of carbonyl (C=O) groups is 1. The van der Waals surface area contributed by atoms with Crippen molar-refractivity contribution in [2.45, 2.75) is 23.6 Å². The van der Waals surface area contributed by atoms with Crippen LogP contribution in [-0.4, -0.2) is 29.5 Å². The number of amides is 2. The Morgan fingerprint density at radius 3 is 2.72 bits per heavy atom. The van der Waals surface area contributed by atoms with Gasteiger partial charge in [0, 0.05) is 4.90 Å². The zero-order chi connectivity index (χ0) is 13.5. The summed E-state index contributed by atoms with van der Waals surface area (Å²) in [5.74, 6) is -2.55. The maximum Gasteiger partial charge on any atom is 0.319 e. The van der Waals surface area contributed by atoms with Crippen LogP contribution in [0.15, 0.2) is 29.2 Å². The Morgan fingerprint density at radius 2 is 2.11 bits per heavy atom. The molecule has 0 heterocycles. The second-order valence-corrected chi connectivity index (χ2v) is 4.59. The van der Waals surface area contributed by atoms with Crippen molar-refractivity contribution in [1.82, 2.24) is 5.32 Å². The van der Waals surface area contributed by atoms with Crippen molar-refractivity contribution in [2.24, 2.45) is 0 Å². The van der Waals surface area contributed by atoms with Crippen LogP contribution in [0.5, 0.6) is 0 Å². The second kappa shape index (κ2) is 7.17. The van der Waals surface area contributed by atoms with E-state index in [0.29, 0.717) is 22.3 Å². The number of anilines is 1. The number of aliphatic hydroxyl groups is 1. The highest BCUT2D eigenvalue weighted by atomic mass is 32.2. The molecule has 0 aromatic heterocycles. The van der Waals surface area contributed by atoms with Crippen LogP contribution in [0.3, 0.4) is 0 Å². The first-order chi connectivity index (χ1) is 8.52. The summed E-state index contributed by atoms with van der Waals surface area (Å²) in [5, 5.41) is 13.7. The molecule has 2 amide bonds. The highest BCUT2D eigenvalue weighted by Crippen LogP contribution is 2.31.